The van der Waals surface area contributed by atoms with E-state index in [0.717, 1.165) is 25.4 Å². The molecule has 1 fully saturated rings. The van der Waals surface area contributed by atoms with Gasteiger partial charge in [0.2, 0.25) is 0 Å². The van der Waals surface area contributed by atoms with E-state index in [-0.39, 0.29) is 0 Å². The fraction of sp³-hybridized carbons (Fsp3) is 0.500. The molecule has 1 aliphatic rings. The summed E-state index contributed by atoms with van der Waals surface area (Å²) in [7, 11) is 0. The molecule has 0 saturated heterocycles. The number of allylic oxidation sites excluding steroid dienone is 1. The van der Waals surface area contributed by atoms with Crippen LogP contribution in [0.3, 0.4) is 0 Å². The molecule has 1 N–H and O–H groups in total. The van der Waals surface area contributed by atoms with E-state index < -0.39 is 0 Å². The van der Waals surface area contributed by atoms with E-state index in [9.17, 15) is 0 Å². The first-order valence-corrected chi connectivity index (χ1v) is 6.12. The zero-order chi connectivity index (χ0) is 11.2. The standard InChI is InChI=1S/C14H20N2/c1-12(4-2-9-16-14-6-7-14)10-13-5-3-8-15-11-13/h3-5,8,11,14,16H,2,6-7,9-10H2,1H3/b12-4-. The second kappa shape index (κ2) is 5.80. The molecular formula is C14H20N2. The Labute approximate surface area is 97.8 Å². The van der Waals surface area contributed by atoms with Crippen LogP contribution >= 0.6 is 0 Å². The van der Waals surface area contributed by atoms with Crippen molar-refractivity contribution >= 4 is 0 Å². The molecule has 2 nitrogen and oxygen atoms in total. The maximum Gasteiger partial charge on any atom is 0.0303 e. The number of aromatic nitrogens is 1. The minimum atomic E-state index is 0.826. The molecule has 1 aromatic rings. The third-order valence-corrected chi connectivity index (χ3v) is 2.85. The van der Waals surface area contributed by atoms with Gasteiger partial charge in [-0.3, -0.25) is 4.98 Å². The van der Waals surface area contributed by atoms with Gasteiger partial charge in [0.1, 0.15) is 0 Å². The Morgan fingerprint density at radius 3 is 3.12 bits per heavy atom. The number of pyridine rings is 1. The van der Waals surface area contributed by atoms with Crippen molar-refractivity contribution in [2.24, 2.45) is 0 Å². The van der Waals surface area contributed by atoms with Crippen LogP contribution in [0.1, 0.15) is 31.7 Å². The number of nitrogens with one attached hydrogen (secondary N) is 1. The highest BCUT2D eigenvalue weighted by atomic mass is 14.9. The van der Waals surface area contributed by atoms with E-state index in [1.54, 1.807) is 0 Å². The van der Waals surface area contributed by atoms with Crippen LogP contribution in [0.15, 0.2) is 36.2 Å². The molecule has 0 bridgehead atoms. The van der Waals surface area contributed by atoms with Crippen molar-refractivity contribution in [2.45, 2.75) is 38.6 Å². The Bertz CT molecular complexity index is 339. The van der Waals surface area contributed by atoms with E-state index in [0.29, 0.717) is 0 Å². The van der Waals surface area contributed by atoms with Crippen molar-refractivity contribution in [1.82, 2.24) is 10.3 Å². The summed E-state index contributed by atoms with van der Waals surface area (Å²) in [6.45, 7) is 3.32. The summed E-state index contributed by atoms with van der Waals surface area (Å²) in [5, 5.41) is 3.52. The zero-order valence-electron chi connectivity index (χ0n) is 9.95. The summed E-state index contributed by atoms with van der Waals surface area (Å²) in [6, 6.07) is 4.95. The first-order chi connectivity index (χ1) is 7.84. The first-order valence-electron chi connectivity index (χ1n) is 6.12. The maximum atomic E-state index is 4.13. The van der Waals surface area contributed by atoms with Crippen LogP contribution in [0.4, 0.5) is 0 Å². The number of hydrogen-bond donors (Lipinski definition) is 1. The van der Waals surface area contributed by atoms with Gasteiger partial charge in [0.05, 0.1) is 0 Å². The molecule has 0 aliphatic heterocycles. The van der Waals surface area contributed by atoms with Crippen molar-refractivity contribution < 1.29 is 0 Å². The van der Waals surface area contributed by atoms with Gasteiger partial charge in [-0.15, -0.1) is 0 Å². The average molecular weight is 216 g/mol. The Balaban J connectivity index is 1.69. The van der Waals surface area contributed by atoms with Crippen molar-refractivity contribution in [2.75, 3.05) is 6.54 Å². The summed E-state index contributed by atoms with van der Waals surface area (Å²) in [5.41, 5.74) is 2.73. The van der Waals surface area contributed by atoms with Gasteiger partial charge in [-0.1, -0.05) is 17.7 Å². The Morgan fingerprint density at radius 2 is 2.44 bits per heavy atom. The molecule has 0 radical (unpaired) electrons. The minimum Gasteiger partial charge on any atom is -0.314 e. The predicted molar refractivity (Wildman–Crippen MR) is 67.3 cm³/mol. The van der Waals surface area contributed by atoms with Gasteiger partial charge in [0.25, 0.3) is 0 Å². The highest BCUT2D eigenvalue weighted by Crippen LogP contribution is 2.18. The largest absolute Gasteiger partial charge is 0.314 e. The van der Waals surface area contributed by atoms with Gasteiger partial charge >= 0.3 is 0 Å². The van der Waals surface area contributed by atoms with E-state index in [2.05, 4.69) is 29.4 Å². The van der Waals surface area contributed by atoms with Crippen molar-refractivity contribution in [3.63, 3.8) is 0 Å². The lowest BCUT2D eigenvalue weighted by Gasteiger charge is -2.02. The molecule has 86 valence electrons. The lowest BCUT2D eigenvalue weighted by atomic mass is 10.1. The fourth-order valence-corrected chi connectivity index (χ4v) is 1.79. The molecule has 0 atom stereocenters. The van der Waals surface area contributed by atoms with Crippen LogP contribution < -0.4 is 5.32 Å². The molecule has 0 spiro atoms. The minimum absolute atomic E-state index is 0.826. The molecule has 0 amide bonds. The molecule has 0 unspecified atom stereocenters. The van der Waals surface area contributed by atoms with Crippen LogP contribution in [0.5, 0.6) is 0 Å². The highest BCUT2D eigenvalue weighted by Gasteiger charge is 2.19. The van der Waals surface area contributed by atoms with E-state index in [1.807, 2.05) is 18.5 Å². The van der Waals surface area contributed by atoms with E-state index >= 15 is 0 Å². The quantitative estimate of drug-likeness (QED) is 0.584. The fourth-order valence-electron chi connectivity index (χ4n) is 1.79. The second-order valence-corrected chi connectivity index (χ2v) is 4.61. The summed E-state index contributed by atoms with van der Waals surface area (Å²) in [4.78, 5) is 4.13. The number of hydrogen-bond acceptors (Lipinski definition) is 2. The van der Waals surface area contributed by atoms with Gasteiger partial charge in [-0.25, -0.2) is 0 Å². The smallest absolute Gasteiger partial charge is 0.0303 e. The predicted octanol–water partition coefficient (Wildman–Crippen LogP) is 2.71. The molecule has 1 heterocycles. The van der Waals surface area contributed by atoms with Gasteiger partial charge in [0, 0.05) is 18.4 Å². The van der Waals surface area contributed by atoms with Crippen LogP contribution in [-0.4, -0.2) is 17.6 Å². The van der Waals surface area contributed by atoms with Crippen molar-refractivity contribution in [3.05, 3.63) is 41.7 Å². The summed E-state index contributed by atoms with van der Waals surface area (Å²) >= 11 is 0. The van der Waals surface area contributed by atoms with E-state index in [4.69, 9.17) is 0 Å². The molecule has 0 aromatic carbocycles. The summed E-state index contributed by atoms with van der Waals surface area (Å²) in [5.74, 6) is 0. The Kier molecular flexibility index (Phi) is 4.11. The van der Waals surface area contributed by atoms with Gasteiger partial charge in [-0.2, -0.15) is 0 Å². The lowest BCUT2D eigenvalue weighted by molar-refractivity contribution is 0.688. The lowest BCUT2D eigenvalue weighted by Crippen LogP contribution is -2.16. The van der Waals surface area contributed by atoms with Crippen LogP contribution in [0.2, 0.25) is 0 Å². The van der Waals surface area contributed by atoms with E-state index in [1.165, 1.54) is 24.0 Å². The highest BCUT2D eigenvalue weighted by molar-refractivity contribution is 5.17. The molecule has 1 aromatic heterocycles. The van der Waals surface area contributed by atoms with Gasteiger partial charge in [0.15, 0.2) is 0 Å². The molecule has 16 heavy (non-hydrogen) atoms. The average Bonchev–Trinajstić information content (AvgIpc) is 3.10. The summed E-state index contributed by atoms with van der Waals surface area (Å²) in [6.07, 6.45) is 11.0. The molecule has 2 heteroatoms. The number of nitrogens with zero attached hydrogens (tertiary/aromatic N) is 1. The van der Waals surface area contributed by atoms with Gasteiger partial charge in [-0.05, 0) is 50.8 Å². The monoisotopic (exact) mass is 216 g/mol. The SMILES string of the molecule is C/C(=C/CCNC1CC1)Cc1cccnc1. The Morgan fingerprint density at radius 1 is 1.56 bits per heavy atom. The molecular weight excluding hydrogens is 196 g/mol. The Hall–Kier alpha value is -1.15. The molecule has 1 aliphatic carbocycles. The van der Waals surface area contributed by atoms with Gasteiger partial charge < -0.3 is 5.32 Å². The molecule has 2 rings (SSSR count). The topological polar surface area (TPSA) is 24.9 Å². The molecule has 1 saturated carbocycles. The zero-order valence-corrected chi connectivity index (χ0v) is 9.95. The first kappa shape index (κ1) is 11.3. The van der Waals surface area contributed by atoms with Crippen LogP contribution in [-0.2, 0) is 6.42 Å². The van der Waals surface area contributed by atoms with Crippen molar-refractivity contribution in [1.29, 1.82) is 0 Å². The van der Waals surface area contributed by atoms with Crippen LogP contribution in [0.25, 0.3) is 0 Å². The third-order valence-electron chi connectivity index (χ3n) is 2.85. The third kappa shape index (κ3) is 4.15. The van der Waals surface area contributed by atoms with Crippen molar-refractivity contribution in [3.8, 4) is 0 Å². The maximum absolute atomic E-state index is 4.13. The summed E-state index contributed by atoms with van der Waals surface area (Å²) < 4.78 is 0. The number of rotatable bonds is 6. The normalized spacial score (nSPS) is 16.4. The second-order valence-electron chi connectivity index (χ2n) is 4.61. The van der Waals surface area contributed by atoms with Crippen LogP contribution in [0, 0.1) is 0 Å².